The fourth-order valence-corrected chi connectivity index (χ4v) is 2.39. The van der Waals surface area contributed by atoms with E-state index >= 15 is 0 Å². The molecule has 0 heterocycles. The zero-order chi connectivity index (χ0) is 13.2. The number of nitrogens with one attached hydrogen (secondary N) is 1. The average molecular weight is 320 g/mol. The van der Waals surface area contributed by atoms with Crippen LogP contribution in [0.4, 0.5) is 18.9 Å². The molecule has 1 N–H and O–H groups in total. The molecule has 1 aliphatic rings. The van der Waals surface area contributed by atoms with Crippen LogP contribution in [0.1, 0.15) is 24.8 Å². The smallest absolute Gasteiger partial charge is 0.381 e. The summed E-state index contributed by atoms with van der Waals surface area (Å²) in [7, 11) is 0. The predicted octanol–water partition coefficient (Wildman–Crippen LogP) is 4.99. The maximum absolute atomic E-state index is 12.9. The van der Waals surface area contributed by atoms with Crippen LogP contribution >= 0.6 is 15.9 Å². The van der Waals surface area contributed by atoms with Crippen LogP contribution < -0.4 is 5.32 Å². The Labute approximate surface area is 112 Å². The van der Waals surface area contributed by atoms with E-state index < -0.39 is 11.7 Å². The second kappa shape index (κ2) is 5.34. The zero-order valence-corrected chi connectivity index (χ0v) is 11.2. The van der Waals surface area contributed by atoms with E-state index in [0.29, 0.717) is 4.47 Å². The highest BCUT2D eigenvalue weighted by Crippen LogP contribution is 2.37. The third-order valence-corrected chi connectivity index (χ3v) is 3.41. The van der Waals surface area contributed by atoms with Crippen LogP contribution in [0.2, 0.25) is 0 Å². The van der Waals surface area contributed by atoms with Crippen molar-refractivity contribution in [3.05, 3.63) is 40.4 Å². The van der Waals surface area contributed by atoms with Crippen molar-refractivity contribution in [3.8, 4) is 0 Å². The van der Waals surface area contributed by atoms with Crippen molar-refractivity contribution in [1.29, 1.82) is 0 Å². The standard InChI is InChI=1S/C13H13BrF3N/c14-9-6-7-11(13(15,16)17)12(8-9)18-10-4-2-1-3-5-10/h1-2,6-8,10,18H,3-5H2. The Kier molecular flexibility index (Phi) is 4.00. The number of allylic oxidation sites excluding steroid dienone is 1. The van der Waals surface area contributed by atoms with Crippen LogP contribution in [-0.4, -0.2) is 6.04 Å². The van der Waals surface area contributed by atoms with Crippen LogP contribution in [-0.2, 0) is 6.18 Å². The van der Waals surface area contributed by atoms with E-state index in [2.05, 4.69) is 27.3 Å². The van der Waals surface area contributed by atoms with Gasteiger partial charge < -0.3 is 5.32 Å². The lowest BCUT2D eigenvalue weighted by Gasteiger charge is -2.23. The van der Waals surface area contributed by atoms with Crippen LogP contribution in [0.15, 0.2) is 34.8 Å². The van der Waals surface area contributed by atoms with Crippen molar-refractivity contribution in [3.63, 3.8) is 0 Å². The van der Waals surface area contributed by atoms with Gasteiger partial charge in [-0.1, -0.05) is 28.1 Å². The average Bonchev–Trinajstić information content (AvgIpc) is 2.28. The van der Waals surface area contributed by atoms with Crippen molar-refractivity contribution >= 4 is 21.6 Å². The number of hydrogen-bond donors (Lipinski definition) is 1. The molecule has 1 unspecified atom stereocenters. The van der Waals surface area contributed by atoms with E-state index in [9.17, 15) is 13.2 Å². The van der Waals surface area contributed by atoms with Gasteiger partial charge in [0.15, 0.2) is 0 Å². The summed E-state index contributed by atoms with van der Waals surface area (Å²) in [5.74, 6) is 0. The second-order valence-electron chi connectivity index (χ2n) is 4.31. The molecule has 98 valence electrons. The Balaban J connectivity index is 2.25. The topological polar surface area (TPSA) is 12.0 Å². The van der Waals surface area contributed by atoms with Gasteiger partial charge in [-0.15, -0.1) is 0 Å². The van der Waals surface area contributed by atoms with Crippen molar-refractivity contribution in [2.24, 2.45) is 0 Å². The molecule has 0 radical (unpaired) electrons. The van der Waals surface area contributed by atoms with E-state index in [1.54, 1.807) is 0 Å². The molecule has 1 aliphatic carbocycles. The van der Waals surface area contributed by atoms with E-state index in [4.69, 9.17) is 0 Å². The molecule has 0 aromatic heterocycles. The number of alkyl halides is 3. The Morgan fingerprint density at radius 3 is 2.61 bits per heavy atom. The second-order valence-corrected chi connectivity index (χ2v) is 5.23. The first-order valence-corrected chi connectivity index (χ1v) is 6.54. The molecule has 1 aromatic rings. The molecule has 18 heavy (non-hydrogen) atoms. The highest BCUT2D eigenvalue weighted by atomic mass is 79.9. The summed E-state index contributed by atoms with van der Waals surface area (Å²) < 4.78 is 39.2. The summed E-state index contributed by atoms with van der Waals surface area (Å²) in [6.07, 6.45) is 2.28. The summed E-state index contributed by atoms with van der Waals surface area (Å²) >= 11 is 3.21. The normalized spacial score (nSPS) is 19.9. The molecule has 1 atom stereocenters. The van der Waals surface area contributed by atoms with Gasteiger partial charge in [-0.05, 0) is 37.5 Å². The molecule has 0 spiro atoms. The lowest BCUT2D eigenvalue weighted by molar-refractivity contribution is -0.137. The minimum absolute atomic E-state index is 0.0744. The maximum atomic E-state index is 12.9. The molecule has 0 fully saturated rings. The van der Waals surface area contributed by atoms with Gasteiger partial charge in [0.25, 0.3) is 0 Å². The molecule has 0 bridgehead atoms. The molecule has 1 aromatic carbocycles. The summed E-state index contributed by atoms with van der Waals surface area (Å²) in [5, 5.41) is 3.00. The van der Waals surface area contributed by atoms with Gasteiger partial charge in [-0.2, -0.15) is 13.2 Å². The van der Waals surface area contributed by atoms with Gasteiger partial charge in [0.2, 0.25) is 0 Å². The first-order valence-electron chi connectivity index (χ1n) is 5.75. The van der Waals surface area contributed by atoms with E-state index in [-0.39, 0.29) is 11.7 Å². The lowest BCUT2D eigenvalue weighted by atomic mass is 10.0. The number of rotatable bonds is 2. The van der Waals surface area contributed by atoms with Crippen molar-refractivity contribution in [1.82, 2.24) is 0 Å². The summed E-state index contributed by atoms with van der Waals surface area (Å²) in [4.78, 5) is 0. The lowest BCUT2D eigenvalue weighted by Crippen LogP contribution is -2.22. The van der Waals surface area contributed by atoms with E-state index in [1.807, 2.05) is 6.08 Å². The molecule has 5 heteroatoms. The van der Waals surface area contributed by atoms with Gasteiger partial charge >= 0.3 is 6.18 Å². The third kappa shape index (κ3) is 3.28. The molecule has 1 nitrogen and oxygen atoms in total. The molecule has 0 saturated carbocycles. The largest absolute Gasteiger partial charge is 0.418 e. The number of anilines is 1. The number of halogens is 4. The van der Waals surface area contributed by atoms with Crippen molar-refractivity contribution in [2.75, 3.05) is 5.32 Å². The number of hydrogen-bond acceptors (Lipinski definition) is 1. The van der Waals surface area contributed by atoms with Gasteiger partial charge in [0, 0.05) is 16.2 Å². The monoisotopic (exact) mass is 319 g/mol. The fraction of sp³-hybridized carbons (Fsp3) is 0.385. The Morgan fingerprint density at radius 2 is 2.00 bits per heavy atom. The quantitative estimate of drug-likeness (QED) is 0.757. The highest BCUT2D eigenvalue weighted by molar-refractivity contribution is 9.10. The third-order valence-electron chi connectivity index (χ3n) is 2.92. The Bertz CT molecular complexity index is 454. The van der Waals surface area contributed by atoms with Crippen LogP contribution in [0.25, 0.3) is 0 Å². The van der Waals surface area contributed by atoms with Gasteiger partial charge in [0.05, 0.1) is 5.56 Å². The first kappa shape index (κ1) is 13.5. The SMILES string of the molecule is FC(F)(F)c1ccc(Br)cc1NC1CC=CCC1. The predicted molar refractivity (Wildman–Crippen MR) is 69.5 cm³/mol. The zero-order valence-electron chi connectivity index (χ0n) is 9.60. The fourth-order valence-electron chi connectivity index (χ4n) is 2.03. The van der Waals surface area contributed by atoms with E-state index in [0.717, 1.165) is 25.3 Å². The van der Waals surface area contributed by atoms with Gasteiger partial charge in [-0.3, -0.25) is 0 Å². The molecule has 2 rings (SSSR count). The number of benzene rings is 1. The molecule has 0 saturated heterocycles. The molecule has 0 amide bonds. The van der Waals surface area contributed by atoms with Gasteiger partial charge in [-0.25, -0.2) is 0 Å². The molecular formula is C13H13BrF3N. The van der Waals surface area contributed by atoms with Crippen LogP contribution in [0.5, 0.6) is 0 Å². The van der Waals surface area contributed by atoms with Crippen LogP contribution in [0, 0.1) is 0 Å². The maximum Gasteiger partial charge on any atom is 0.418 e. The Morgan fingerprint density at radius 1 is 1.22 bits per heavy atom. The summed E-state index contributed by atoms with van der Waals surface area (Å²) in [5.41, 5.74) is -0.461. The molecular weight excluding hydrogens is 307 g/mol. The summed E-state index contributed by atoms with van der Waals surface area (Å²) in [6, 6.07) is 4.08. The highest BCUT2D eigenvalue weighted by Gasteiger charge is 2.33. The summed E-state index contributed by atoms with van der Waals surface area (Å²) in [6.45, 7) is 0. The Hall–Kier alpha value is -0.970. The van der Waals surface area contributed by atoms with Gasteiger partial charge in [0.1, 0.15) is 0 Å². The van der Waals surface area contributed by atoms with Crippen LogP contribution in [0.3, 0.4) is 0 Å². The first-order chi connectivity index (χ1) is 8.47. The minimum atomic E-state index is -4.33. The molecule has 0 aliphatic heterocycles. The minimum Gasteiger partial charge on any atom is -0.381 e. The van der Waals surface area contributed by atoms with E-state index in [1.165, 1.54) is 12.1 Å². The van der Waals surface area contributed by atoms with Crippen molar-refractivity contribution in [2.45, 2.75) is 31.5 Å². The van der Waals surface area contributed by atoms with Crippen molar-refractivity contribution < 1.29 is 13.2 Å².